The molecule has 9 nitrogen and oxygen atoms in total. The highest BCUT2D eigenvalue weighted by Crippen LogP contribution is 2.19. The van der Waals surface area contributed by atoms with E-state index >= 15 is 0 Å². The van der Waals surface area contributed by atoms with Gasteiger partial charge in [0, 0.05) is 11.6 Å². The minimum absolute atomic E-state index is 0.136. The van der Waals surface area contributed by atoms with Crippen molar-refractivity contribution < 1.29 is 0 Å². The van der Waals surface area contributed by atoms with Crippen molar-refractivity contribution in [3.05, 3.63) is 43.3 Å². The quantitative estimate of drug-likeness (QED) is 0.473. The van der Waals surface area contributed by atoms with Crippen LogP contribution < -0.4 is 16.7 Å². The van der Waals surface area contributed by atoms with Gasteiger partial charge in [-0.3, -0.25) is 19.6 Å². The second-order valence-electron chi connectivity index (χ2n) is 3.57. The lowest BCUT2D eigenvalue weighted by atomic mass is 10.5. The fraction of sp³-hybridized carbons (Fsp3) is 0. The van der Waals surface area contributed by atoms with Crippen LogP contribution in [0.15, 0.2) is 26.3 Å². The molecule has 0 aliphatic rings. The number of aromatic nitrogens is 5. The minimum atomic E-state index is -0.691. The molecule has 0 aromatic carbocycles. The number of halogens is 1. The topological polar surface area (TPSA) is 120 Å². The first-order valence-corrected chi connectivity index (χ1v) is 6.50. The molecule has 102 valence electrons. The molecular formula is C9H6ClN7O2S. The molecule has 0 radical (unpaired) electrons. The van der Waals surface area contributed by atoms with Crippen molar-refractivity contribution in [2.75, 3.05) is 5.43 Å². The number of nitrogens with one attached hydrogen (secondary N) is 3. The maximum atomic E-state index is 11.4. The maximum absolute atomic E-state index is 11.4. The van der Waals surface area contributed by atoms with Crippen LogP contribution in [0.1, 0.15) is 5.69 Å². The summed E-state index contributed by atoms with van der Waals surface area (Å²) < 4.78 is 1.75. The third kappa shape index (κ3) is 2.21. The Morgan fingerprint density at radius 1 is 1.50 bits per heavy atom. The molecule has 20 heavy (non-hydrogen) atoms. The van der Waals surface area contributed by atoms with Gasteiger partial charge in [-0.25, -0.2) is 14.9 Å². The molecule has 0 saturated heterocycles. The normalized spacial score (nSPS) is 11.4. The van der Waals surface area contributed by atoms with Crippen LogP contribution >= 0.6 is 22.9 Å². The standard InChI is InChI=1S/C9H6ClN7O2S/c10-5-4(17-1-2-20-9(17)12-5)3-11-14-6-7(18)13-8(19)16-15-6/h1-3H,(H,14,15)(H2,13,16,18,19)/b11-3+. The van der Waals surface area contributed by atoms with Gasteiger partial charge in [0.05, 0.1) is 6.21 Å². The van der Waals surface area contributed by atoms with E-state index in [1.807, 2.05) is 10.4 Å². The zero-order valence-electron chi connectivity index (χ0n) is 9.62. The number of hydrazone groups is 1. The van der Waals surface area contributed by atoms with E-state index in [2.05, 4.69) is 25.7 Å². The second kappa shape index (κ2) is 4.90. The summed E-state index contributed by atoms with van der Waals surface area (Å²) in [6, 6.07) is 0. The first-order valence-electron chi connectivity index (χ1n) is 5.24. The van der Waals surface area contributed by atoms with E-state index in [9.17, 15) is 9.59 Å². The molecule has 3 heterocycles. The van der Waals surface area contributed by atoms with E-state index in [0.717, 1.165) is 4.96 Å². The number of anilines is 1. The van der Waals surface area contributed by atoms with Crippen molar-refractivity contribution in [1.82, 2.24) is 24.6 Å². The van der Waals surface area contributed by atoms with E-state index < -0.39 is 11.2 Å². The predicted octanol–water partition coefficient (Wildman–Crippen LogP) is 0.267. The van der Waals surface area contributed by atoms with Crippen LogP contribution in [-0.2, 0) is 0 Å². The molecular weight excluding hydrogens is 306 g/mol. The molecule has 0 saturated carbocycles. The molecule has 0 unspecified atom stereocenters. The van der Waals surface area contributed by atoms with Crippen LogP contribution in [0.5, 0.6) is 0 Å². The number of H-pyrrole nitrogens is 2. The van der Waals surface area contributed by atoms with Crippen molar-refractivity contribution in [1.29, 1.82) is 0 Å². The smallest absolute Gasteiger partial charge is 0.288 e. The monoisotopic (exact) mass is 311 g/mol. The highest BCUT2D eigenvalue weighted by atomic mass is 35.5. The number of imidazole rings is 1. The van der Waals surface area contributed by atoms with Crippen molar-refractivity contribution in [3.63, 3.8) is 0 Å². The van der Waals surface area contributed by atoms with Crippen LogP contribution in [0, 0.1) is 0 Å². The molecule has 0 fully saturated rings. The van der Waals surface area contributed by atoms with Crippen LogP contribution in [0.3, 0.4) is 0 Å². The van der Waals surface area contributed by atoms with Crippen molar-refractivity contribution in [2.24, 2.45) is 5.10 Å². The van der Waals surface area contributed by atoms with Gasteiger partial charge in [0.25, 0.3) is 5.56 Å². The summed E-state index contributed by atoms with van der Waals surface area (Å²) in [5.74, 6) is -0.136. The van der Waals surface area contributed by atoms with Gasteiger partial charge in [0.15, 0.2) is 10.1 Å². The molecule has 0 aliphatic heterocycles. The predicted molar refractivity (Wildman–Crippen MR) is 74.8 cm³/mol. The number of thiazole rings is 1. The van der Waals surface area contributed by atoms with Crippen LogP contribution in [-0.4, -0.2) is 30.8 Å². The van der Waals surface area contributed by atoms with E-state index in [1.165, 1.54) is 17.6 Å². The van der Waals surface area contributed by atoms with Gasteiger partial charge < -0.3 is 0 Å². The Morgan fingerprint density at radius 3 is 3.15 bits per heavy atom. The Bertz CT molecular complexity index is 905. The van der Waals surface area contributed by atoms with Crippen LogP contribution in [0.4, 0.5) is 5.82 Å². The molecule has 3 aromatic heterocycles. The summed E-state index contributed by atoms with van der Waals surface area (Å²) in [5.41, 5.74) is 1.61. The van der Waals surface area contributed by atoms with Gasteiger partial charge in [-0.1, -0.05) is 11.6 Å². The number of nitrogens with zero attached hydrogens (tertiary/aromatic N) is 4. The second-order valence-corrected chi connectivity index (χ2v) is 4.80. The number of hydrogen-bond acceptors (Lipinski definition) is 7. The van der Waals surface area contributed by atoms with Crippen molar-refractivity contribution in [3.8, 4) is 0 Å². The highest BCUT2D eigenvalue weighted by molar-refractivity contribution is 7.15. The molecule has 3 rings (SSSR count). The zero-order valence-corrected chi connectivity index (χ0v) is 11.2. The fourth-order valence-corrected chi connectivity index (χ4v) is 2.46. The van der Waals surface area contributed by atoms with Gasteiger partial charge in [0.2, 0.25) is 5.82 Å². The van der Waals surface area contributed by atoms with Gasteiger partial charge >= 0.3 is 5.69 Å². The van der Waals surface area contributed by atoms with Crippen molar-refractivity contribution >= 4 is 39.9 Å². The molecule has 0 atom stereocenters. The SMILES string of the molecule is O=c1[nH]nc(N/N=C/c2c(Cl)nc3sccn23)c(=O)[nH]1. The molecule has 0 aliphatic carbocycles. The number of aromatic amines is 2. The average Bonchev–Trinajstić information content (AvgIpc) is 2.94. The highest BCUT2D eigenvalue weighted by Gasteiger charge is 2.08. The van der Waals surface area contributed by atoms with E-state index in [0.29, 0.717) is 10.8 Å². The van der Waals surface area contributed by atoms with Gasteiger partial charge in [-0.2, -0.15) is 5.10 Å². The van der Waals surface area contributed by atoms with Crippen LogP contribution in [0.25, 0.3) is 4.96 Å². The Kier molecular flexibility index (Phi) is 3.08. The summed E-state index contributed by atoms with van der Waals surface area (Å²) in [4.78, 5) is 29.0. The summed E-state index contributed by atoms with van der Waals surface area (Å²) in [7, 11) is 0. The fourth-order valence-electron chi connectivity index (χ4n) is 1.47. The van der Waals surface area contributed by atoms with Gasteiger partial charge in [0.1, 0.15) is 5.69 Å². The lowest BCUT2D eigenvalue weighted by Crippen LogP contribution is -2.25. The average molecular weight is 312 g/mol. The van der Waals surface area contributed by atoms with Crippen LogP contribution in [0.2, 0.25) is 5.15 Å². The Balaban J connectivity index is 1.87. The lowest BCUT2D eigenvalue weighted by molar-refractivity contribution is 0.890. The summed E-state index contributed by atoms with van der Waals surface area (Å²) in [5, 5.41) is 11.6. The molecule has 0 spiro atoms. The van der Waals surface area contributed by atoms with E-state index in [1.54, 1.807) is 10.6 Å². The minimum Gasteiger partial charge on any atom is -0.288 e. The van der Waals surface area contributed by atoms with E-state index in [4.69, 9.17) is 11.6 Å². The number of rotatable bonds is 3. The Labute approximate surface area is 119 Å². The van der Waals surface area contributed by atoms with E-state index in [-0.39, 0.29) is 5.82 Å². The van der Waals surface area contributed by atoms with Crippen molar-refractivity contribution in [2.45, 2.75) is 0 Å². The molecule has 0 bridgehead atoms. The number of fused-ring (bicyclic) bond motifs is 1. The molecule has 0 amide bonds. The number of hydrogen-bond donors (Lipinski definition) is 3. The maximum Gasteiger partial charge on any atom is 0.342 e. The summed E-state index contributed by atoms with van der Waals surface area (Å²) in [6.07, 6.45) is 3.20. The first-order chi connectivity index (χ1) is 9.65. The molecule has 11 heteroatoms. The zero-order chi connectivity index (χ0) is 14.1. The third-order valence-electron chi connectivity index (χ3n) is 2.32. The lowest BCUT2D eigenvalue weighted by Gasteiger charge is -1.96. The Morgan fingerprint density at radius 2 is 2.35 bits per heavy atom. The van der Waals surface area contributed by atoms with Gasteiger partial charge in [-0.15, -0.1) is 16.4 Å². The summed E-state index contributed by atoms with van der Waals surface area (Å²) >= 11 is 7.40. The molecule has 3 N–H and O–H groups in total. The molecule has 3 aromatic rings. The Hall–Kier alpha value is -2.46. The first kappa shape index (κ1) is 12.6. The third-order valence-corrected chi connectivity index (χ3v) is 3.36. The summed E-state index contributed by atoms with van der Waals surface area (Å²) in [6.45, 7) is 0. The largest absolute Gasteiger partial charge is 0.342 e. The van der Waals surface area contributed by atoms with Gasteiger partial charge in [-0.05, 0) is 0 Å².